The van der Waals surface area contributed by atoms with Gasteiger partial charge in [-0.1, -0.05) is 39.0 Å². The van der Waals surface area contributed by atoms with E-state index in [1.54, 1.807) is 6.20 Å². The van der Waals surface area contributed by atoms with E-state index in [1.165, 1.54) is 0 Å². The van der Waals surface area contributed by atoms with Crippen LogP contribution in [0.25, 0.3) is 10.9 Å². The van der Waals surface area contributed by atoms with Gasteiger partial charge in [-0.15, -0.1) is 0 Å². The number of hydrogen-bond acceptors (Lipinski definition) is 5. The lowest BCUT2D eigenvalue weighted by Gasteiger charge is -2.40. The Hall–Kier alpha value is -2.71. The molecule has 0 bridgehead atoms. The Labute approximate surface area is 190 Å². The number of hydrogen-bond donors (Lipinski definition) is 2. The Kier molecular flexibility index (Phi) is 7.05. The molecule has 0 aliphatic rings. The number of aromatic amines is 1. The first kappa shape index (κ1) is 23.9. The fourth-order valence-electron chi connectivity index (χ4n) is 3.39. The smallest absolute Gasteiger partial charge is 0.268 e. The summed E-state index contributed by atoms with van der Waals surface area (Å²) in [5.41, 5.74) is 6.53. The summed E-state index contributed by atoms with van der Waals surface area (Å²) in [6, 6.07) is 11.8. The van der Waals surface area contributed by atoms with Crippen molar-refractivity contribution in [3.8, 4) is 5.88 Å². The lowest BCUT2D eigenvalue weighted by molar-refractivity contribution is 0.0995. The second-order valence-electron chi connectivity index (χ2n) is 9.70. The van der Waals surface area contributed by atoms with E-state index < -0.39 is 14.2 Å². The van der Waals surface area contributed by atoms with Crippen molar-refractivity contribution in [3.63, 3.8) is 0 Å². The molecule has 2 heterocycles. The van der Waals surface area contributed by atoms with Crippen LogP contribution in [0, 0.1) is 0 Å². The second kappa shape index (κ2) is 9.42. The molecule has 0 radical (unpaired) electrons. The van der Waals surface area contributed by atoms with Gasteiger partial charge < -0.3 is 19.9 Å². The number of rotatable bonds is 9. The molecule has 0 saturated heterocycles. The van der Waals surface area contributed by atoms with Crippen LogP contribution in [-0.4, -0.2) is 41.9 Å². The molecular weight excluding hydrogens is 420 g/mol. The molecule has 0 spiro atoms. The second-order valence-corrected chi connectivity index (χ2v) is 14.5. The Morgan fingerprint density at radius 3 is 2.53 bits per heavy atom. The topological polar surface area (TPSA) is 103 Å². The standard InChI is InChI=1S/C24H34N4O3Si/c1-16(31-32(5,6)24(2,3)4)18(23-26-15-20(28-23)22(25)29)13-14-30-21-12-11-17-9-7-8-10-19(17)27-21/h7-12,15-16,18H,13-14H2,1-6H3,(H2,25,29)(H,26,28)/t16-,18-/m0/s1. The van der Waals surface area contributed by atoms with Crippen LogP contribution < -0.4 is 10.5 Å². The maximum absolute atomic E-state index is 11.6. The van der Waals surface area contributed by atoms with Gasteiger partial charge in [-0.05, 0) is 43.6 Å². The molecule has 3 aromatic rings. The summed E-state index contributed by atoms with van der Waals surface area (Å²) in [4.78, 5) is 23.7. The monoisotopic (exact) mass is 454 g/mol. The molecule has 0 aliphatic heterocycles. The molecule has 0 fully saturated rings. The maximum Gasteiger partial charge on any atom is 0.268 e. The number of fused-ring (bicyclic) bond motifs is 1. The average molecular weight is 455 g/mol. The van der Waals surface area contributed by atoms with Gasteiger partial charge in [0.05, 0.1) is 18.2 Å². The highest BCUT2D eigenvalue weighted by Gasteiger charge is 2.40. The zero-order valence-corrected chi connectivity index (χ0v) is 20.8. The van der Waals surface area contributed by atoms with E-state index in [-0.39, 0.29) is 22.8 Å². The third-order valence-electron chi connectivity index (χ3n) is 6.31. The Balaban J connectivity index is 1.75. The van der Waals surface area contributed by atoms with Crippen molar-refractivity contribution < 1.29 is 14.0 Å². The van der Waals surface area contributed by atoms with Crippen molar-refractivity contribution in [3.05, 3.63) is 54.1 Å². The van der Waals surface area contributed by atoms with E-state index in [1.807, 2.05) is 36.4 Å². The summed E-state index contributed by atoms with van der Waals surface area (Å²) >= 11 is 0. The molecule has 0 unspecified atom stereocenters. The molecule has 8 heteroatoms. The van der Waals surface area contributed by atoms with Gasteiger partial charge in [0.2, 0.25) is 5.88 Å². The average Bonchev–Trinajstić information content (AvgIpc) is 3.20. The van der Waals surface area contributed by atoms with Crippen LogP contribution in [0.1, 0.15) is 56.3 Å². The van der Waals surface area contributed by atoms with Gasteiger partial charge in [-0.2, -0.15) is 0 Å². The number of H-pyrrole nitrogens is 1. The minimum absolute atomic E-state index is 0.0822. The molecule has 7 nitrogen and oxygen atoms in total. The number of nitrogens with zero attached hydrogens (tertiary/aromatic N) is 2. The van der Waals surface area contributed by atoms with Crippen molar-refractivity contribution in [1.29, 1.82) is 0 Å². The molecule has 2 atom stereocenters. The Morgan fingerprint density at radius 2 is 1.88 bits per heavy atom. The van der Waals surface area contributed by atoms with Crippen molar-refractivity contribution in [2.24, 2.45) is 5.73 Å². The predicted octanol–water partition coefficient (Wildman–Crippen LogP) is 5.02. The van der Waals surface area contributed by atoms with Crippen LogP contribution in [-0.2, 0) is 4.43 Å². The van der Waals surface area contributed by atoms with Crippen molar-refractivity contribution >= 4 is 25.1 Å². The minimum Gasteiger partial charge on any atom is -0.478 e. The van der Waals surface area contributed by atoms with Gasteiger partial charge in [0, 0.05) is 23.6 Å². The summed E-state index contributed by atoms with van der Waals surface area (Å²) < 4.78 is 12.6. The van der Waals surface area contributed by atoms with E-state index in [9.17, 15) is 4.79 Å². The molecule has 1 aromatic carbocycles. The van der Waals surface area contributed by atoms with Gasteiger partial charge in [0.15, 0.2) is 8.32 Å². The predicted molar refractivity (Wildman–Crippen MR) is 129 cm³/mol. The van der Waals surface area contributed by atoms with Gasteiger partial charge in [0.25, 0.3) is 5.91 Å². The summed E-state index contributed by atoms with van der Waals surface area (Å²) in [5.74, 6) is 0.622. The quantitative estimate of drug-likeness (QED) is 0.442. The summed E-state index contributed by atoms with van der Waals surface area (Å²) in [6.45, 7) is 13.6. The molecule has 0 aliphatic carbocycles. The number of nitrogens with two attached hydrogens (primary N) is 1. The summed E-state index contributed by atoms with van der Waals surface area (Å²) in [5, 5.41) is 1.16. The van der Waals surface area contributed by atoms with Crippen LogP contribution in [0.3, 0.4) is 0 Å². The van der Waals surface area contributed by atoms with Gasteiger partial charge in [-0.3, -0.25) is 4.79 Å². The van der Waals surface area contributed by atoms with Crippen molar-refractivity contribution in [2.75, 3.05) is 6.61 Å². The normalized spacial score (nSPS) is 14.3. The SMILES string of the molecule is C[C@H](O[Si](C)(C)C(C)(C)C)[C@H](CCOc1ccc2ccccc2n1)c1nc(C(N)=O)c[nH]1. The number of aromatic nitrogens is 3. The van der Waals surface area contributed by atoms with E-state index in [0.717, 1.165) is 10.9 Å². The first-order valence-corrected chi connectivity index (χ1v) is 13.9. The zero-order valence-electron chi connectivity index (χ0n) is 19.8. The molecule has 3 N–H and O–H groups in total. The largest absolute Gasteiger partial charge is 0.478 e. The molecule has 2 aromatic heterocycles. The fraction of sp³-hybridized carbons (Fsp3) is 0.458. The number of para-hydroxylation sites is 1. The molecule has 0 saturated carbocycles. The van der Waals surface area contributed by atoms with Crippen LogP contribution >= 0.6 is 0 Å². The minimum atomic E-state index is -2.00. The lowest BCUT2D eigenvalue weighted by atomic mass is 9.99. The Bertz CT molecular complexity index is 1070. The number of carbonyl (C=O) groups is 1. The molecule has 32 heavy (non-hydrogen) atoms. The van der Waals surface area contributed by atoms with Crippen LogP contribution in [0.2, 0.25) is 18.1 Å². The highest BCUT2D eigenvalue weighted by Crippen LogP contribution is 2.39. The number of benzene rings is 1. The van der Waals surface area contributed by atoms with Crippen LogP contribution in [0.4, 0.5) is 0 Å². The fourth-order valence-corrected chi connectivity index (χ4v) is 4.84. The number of amides is 1. The van der Waals surface area contributed by atoms with Gasteiger partial charge in [0.1, 0.15) is 11.5 Å². The van der Waals surface area contributed by atoms with Gasteiger partial charge in [-0.25, -0.2) is 9.97 Å². The molecule has 3 rings (SSSR count). The number of pyridine rings is 1. The molecule has 172 valence electrons. The number of nitrogens with one attached hydrogen (secondary N) is 1. The lowest BCUT2D eigenvalue weighted by Crippen LogP contribution is -2.44. The summed E-state index contributed by atoms with van der Waals surface area (Å²) in [6.07, 6.45) is 2.08. The maximum atomic E-state index is 11.6. The molecular formula is C24H34N4O3Si. The van der Waals surface area contributed by atoms with E-state index in [4.69, 9.17) is 14.9 Å². The van der Waals surface area contributed by atoms with Crippen LogP contribution in [0.15, 0.2) is 42.6 Å². The third-order valence-corrected chi connectivity index (χ3v) is 10.9. The zero-order chi connectivity index (χ0) is 23.5. The van der Waals surface area contributed by atoms with Crippen molar-refractivity contribution in [2.45, 2.75) is 64.3 Å². The highest BCUT2D eigenvalue weighted by atomic mass is 28.4. The van der Waals surface area contributed by atoms with E-state index in [0.29, 0.717) is 24.7 Å². The number of primary amides is 1. The summed E-state index contributed by atoms with van der Waals surface area (Å²) in [7, 11) is -2.00. The van der Waals surface area contributed by atoms with Crippen LogP contribution in [0.5, 0.6) is 5.88 Å². The molecule has 1 amide bonds. The third kappa shape index (κ3) is 5.55. The first-order valence-electron chi connectivity index (χ1n) is 11.0. The first-order chi connectivity index (χ1) is 15.0. The van der Waals surface area contributed by atoms with E-state index >= 15 is 0 Å². The van der Waals surface area contributed by atoms with Gasteiger partial charge >= 0.3 is 0 Å². The number of carbonyl (C=O) groups excluding carboxylic acids is 1. The van der Waals surface area contributed by atoms with Crippen molar-refractivity contribution in [1.82, 2.24) is 15.0 Å². The number of imidazole rings is 1. The van der Waals surface area contributed by atoms with E-state index in [2.05, 4.69) is 55.7 Å². The number of ether oxygens (including phenoxy) is 1. The Morgan fingerprint density at radius 1 is 1.16 bits per heavy atom. The highest BCUT2D eigenvalue weighted by molar-refractivity contribution is 6.74.